The van der Waals surface area contributed by atoms with Crippen molar-refractivity contribution in [2.24, 2.45) is 0 Å². The first-order valence-electron chi connectivity index (χ1n) is 10.3. The Morgan fingerprint density at radius 2 is 2.00 bits per heavy atom. The molecule has 1 amide bonds. The summed E-state index contributed by atoms with van der Waals surface area (Å²) < 4.78 is 29.8. The number of nitrogens with one attached hydrogen (secondary N) is 2. The highest BCUT2D eigenvalue weighted by Crippen LogP contribution is 2.27. The number of thiazole rings is 1. The number of anilines is 1. The summed E-state index contributed by atoms with van der Waals surface area (Å²) in [4.78, 5) is 17.1. The molecule has 166 valence electrons. The second-order valence-corrected chi connectivity index (χ2v) is 10.5. The van der Waals surface area contributed by atoms with Gasteiger partial charge in [0.15, 0.2) is 5.13 Å². The number of nitrogens with zero attached hydrogens (tertiary/aromatic N) is 2. The van der Waals surface area contributed by atoms with Crippen LogP contribution >= 0.6 is 11.3 Å². The average Bonchev–Trinajstić information content (AvgIpc) is 3.51. The summed E-state index contributed by atoms with van der Waals surface area (Å²) in [6.45, 7) is 1.89. The van der Waals surface area contributed by atoms with Gasteiger partial charge < -0.3 is 9.88 Å². The molecule has 2 unspecified atom stereocenters. The van der Waals surface area contributed by atoms with Gasteiger partial charge in [0.1, 0.15) is 6.04 Å². The van der Waals surface area contributed by atoms with Gasteiger partial charge in [-0.3, -0.25) is 9.52 Å². The van der Waals surface area contributed by atoms with E-state index in [0.29, 0.717) is 18.0 Å². The highest BCUT2D eigenvalue weighted by Gasteiger charge is 2.27. The van der Waals surface area contributed by atoms with Gasteiger partial charge in [-0.15, -0.1) is 11.3 Å². The van der Waals surface area contributed by atoms with E-state index in [2.05, 4.69) is 15.0 Å². The lowest BCUT2D eigenvalue weighted by Crippen LogP contribution is -2.39. The van der Waals surface area contributed by atoms with Crippen LogP contribution in [0.4, 0.5) is 5.13 Å². The van der Waals surface area contributed by atoms with Gasteiger partial charge in [-0.2, -0.15) is 0 Å². The lowest BCUT2D eigenvalue weighted by Gasteiger charge is -2.19. The quantitative estimate of drug-likeness (QED) is 0.448. The Morgan fingerprint density at radius 3 is 2.81 bits per heavy atom. The van der Waals surface area contributed by atoms with Crippen LogP contribution in [0.3, 0.4) is 0 Å². The molecule has 2 N–H and O–H groups in total. The second-order valence-electron chi connectivity index (χ2n) is 7.94. The zero-order valence-corrected chi connectivity index (χ0v) is 19.0. The SMILES string of the molecule is CC(C(=O)NC1Cc2ccc(S(=O)(=O)Nc3nccs3)cc2C1)n1ccc2ccccc21.[HH]. The summed E-state index contributed by atoms with van der Waals surface area (Å²) in [6, 6.07) is 14.7. The van der Waals surface area contributed by atoms with E-state index in [1.165, 1.54) is 11.3 Å². The van der Waals surface area contributed by atoms with Gasteiger partial charge in [0.05, 0.1) is 4.90 Å². The first-order valence-corrected chi connectivity index (χ1v) is 12.7. The Morgan fingerprint density at radius 1 is 1.19 bits per heavy atom. The lowest BCUT2D eigenvalue weighted by atomic mass is 10.1. The lowest BCUT2D eigenvalue weighted by molar-refractivity contribution is -0.124. The molecular weight excluding hydrogens is 444 g/mol. The molecule has 0 aliphatic heterocycles. The summed E-state index contributed by atoms with van der Waals surface area (Å²) >= 11 is 1.23. The van der Waals surface area contributed by atoms with E-state index in [9.17, 15) is 13.2 Å². The van der Waals surface area contributed by atoms with Gasteiger partial charge in [-0.05, 0) is 60.5 Å². The first-order chi connectivity index (χ1) is 15.4. The van der Waals surface area contributed by atoms with E-state index in [0.717, 1.165) is 22.0 Å². The predicted octanol–water partition coefficient (Wildman–Crippen LogP) is 3.99. The molecule has 9 heteroatoms. The number of carbonyl (C=O) groups is 1. The maximum Gasteiger partial charge on any atom is 0.263 e. The number of carbonyl (C=O) groups excluding carboxylic acids is 1. The first kappa shape index (κ1) is 20.7. The van der Waals surface area contributed by atoms with E-state index in [1.807, 2.05) is 54.1 Å². The van der Waals surface area contributed by atoms with Crippen molar-refractivity contribution in [1.82, 2.24) is 14.9 Å². The van der Waals surface area contributed by atoms with Crippen LogP contribution in [-0.2, 0) is 27.7 Å². The molecule has 2 aromatic heterocycles. The van der Waals surface area contributed by atoms with E-state index >= 15 is 0 Å². The molecule has 2 atom stereocenters. The molecule has 0 fully saturated rings. The molecule has 0 saturated carbocycles. The molecule has 2 aromatic carbocycles. The van der Waals surface area contributed by atoms with E-state index in [4.69, 9.17) is 0 Å². The van der Waals surface area contributed by atoms with Crippen molar-refractivity contribution in [2.45, 2.75) is 36.7 Å². The van der Waals surface area contributed by atoms with Crippen LogP contribution < -0.4 is 10.0 Å². The van der Waals surface area contributed by atoms with Crippen molar-refractivity contribution in [2.75, 3.05) is 4.72 Å². The van der Waals surface area contributed by atoms with Gasteiger partial charge in [0, 0.05) is 30.8 Å². The van der Waals surface area contributed by atoms with Crippen LogP contribution in [0.25, 0.3) is 10.9 Å². The van der Waals surface area contributed by atoms with Gasteiger partial charge in [0.25, 0.3) is 10.0 Å². The maximum absolute atomic E-state index is 13.0. The molecule has 5 rings (SSSR count). The number of sulfonamides is 1. The summed E-state index contributed by atoms with van der Waals surface area (Å²) in [5.74, 6) is -0.0533. The fourth-order valence-electron chi connectivity index (χ4n) is 4.20. The summed E-state index contributed by atoms with van der Waals surface area (Å²) in [5, 5.41) is 6.29. The van der Waals surface area contributed by atoms with Crippen LogP contribution in [0.1, 0.15) is 25.5 Å². The molecule has 7 nitrogen and oxygen atoms in total. The Kier molecular flexibility index (Phi) is 5.22. The van der Waals surface area contributed by atoms with E-state index < -0.39 is 10.0 Å². The number of benzene rings is 2. The van der Waals surface area contributed by atoms with Crippen molar-refractivity contribution in [3.63, 3.8) is 0 Å². The topological polar surface area (TPSA) is 93.1 Å². The number of hydrogen-bond acceptors (Lipinski definition) is 5. The third-order valence-electron chi connectivity index (χ3n) is 5.85. The van der Waals surface area contributed by atoms with Gasteiger partial charge in [-0.1, -0.05) is 24.3 Å². The summed E-state index contributed by atoms with van der Waals surface area (Å²) in [7, 11) is -3.70. The standard InChI is InChI=1S/C23H22N4O3S2.H2/c1-15(27-10-8-16-4-2-3-5-21(16)27)22(28)25-19-12-17-6-7-20(14-18(17)13-19)32(29,30)26-23-24-9-11-31-23;/h2-11,14-15,19H,12-13H2,1H3,(H,24,26)(H,25,28);1H. The number of para-hydroxylation sites is 1. The Balaban J connectivity index is 0.00000259. The smallest absolute Gasteiger partial charge is 0.263 e. The number of hydrogen-bond donors (Lipinski definition) is 2. The van der Waals surface area contributed by atoms with E-state index in [1.54, 1.807) is 23.7 Å². The summed E-state index contributed by atoms with van der Waals surface area (Å²) in [5.41, 5.74) is 3.02. The van der Waals surface area contributed by atoms with Crippen LogP contribution in [0.15, 0.2) is 71.2 Å². The molecule has 4 aromatic rings. The zero-order valence-electron chi connectivity index (χ0n) is 17.4. The van der Waals surface area contributed by atoms with Gasteiger partial charge in [0.2, 0.25) is 5.91 Å². The molecule has 0 spiro atoms. The van der Waals surface area contributed by atoms with Gasteiger partial charge in [-0.25, -0.2) is 13.4 Å². The van der Waals surface area contributed by atoms with Crippen molar-refractivity contribution < 1.29 is 14.6 Å². The number of aromatic nitrogens is 2. The molecule has 32 heavy (non-hydrogen) atoms. The van der Waals surface area contributed by atoms with Gasteiger partial charge >= 0.3 is 0 Å². The monoisotopic (exact) mass is 468 g/mol. The van der Waals surface area contributed by atoms with Crippen molar-refractivity contribution in [1.29, 1.82) is 0 Å². The largest absolute Gasteiger partial charge is 0.351 e. The fraction of sp³-hybridized carbons (Fsp3) is 0.217. The number of rotatable bonds is 6. The second kappa shape index (κ2) is 8.07. The molecule has 2 heterocycles. The third kappa shape index (κ3) is 3.89. The summed E-state index contributed by atoms with van der Waals surface area (Å²) in [6.07, 6.45) is 4.77. The van der Waals surface area contributed by atoms with Crippen LogP contribution in [0.5, 0.6) is 0 Å². The number of fused-ring (bicyclic) bond motifs is 2. The molecular formula is C23H24N4O3S2. The van der Waals surface area contributed by atoms with Crippen LogP contribution in [0.2, 0.25) is 0 Å². The fourth-order valence-corrected chi connectivity index (χ4v) is 6.04. The molecule has 0 saturated heterocycles. The zero-order chi connectivity index (χ0) is 22.3. The Bertz CT molecular complexity index is 1400. The van der Waals surface area contributed by atoms with Crippen molar-refractivity contribution in [3.8, 4) is 0 Å². The molecule has 0 bridgehead atoms. The van der Waals surface area contributed by atoms with Crippen molar-refractivity contribution in [3.05, 3.63) is 77.4 Å². The Hall–Kier alpha value is -3.17. The Labute approximate surface area is 191 Å². The highest BCUT2D eigenvalue weighted by molar-refractivity contribution is 7.93. The van der Waals surface area contributed by atoms with Crippen molar-refractivity contribution >= 4 is 43.3 Å². The highest BCUT2D eigenvalue weighted by atomic mass is 32.2. The minimum Gasteiger partial charge on any atom is -0.351 e. The minimum atomic E-state index is -3.70. The van der Waals surface area contributed by atoms with E-state index in [-0.39, 0.29) is 24.3 Å². The molecule has 0 radical (unpaired) electrons. The van der Waals surface area contributed by atoms with Crippen LogP contribution in [0, 0.1) is 0 Å². The maximum atomic E-state index is 13.0. The molecule has 1 aliphatic rings. The predicted molar refractivity (Wildman–Crippen MR) is 127 cm³/mol. The minimum absolute atomic E-state index is 0. The van der Waals surface area contributed by atoms with Crippen LogP contribution in [-0.4, -0.2) is 29.9 Å². The molecule has 1 aliphatic carbocycles. The average molecular weight is 469 g/mol. The third-order valence-corrected chi connectivity index (χ3v) is 8.00. The normalized spacial score (nSPS) is 16.6. The number of amides is 1.